The average molecular weight is 482 g/mol. The van der Waals surface area contributed by atoms with Gasteiger partial charge >= 0.3 is 0 Å². The number of hydrogen-bond acceptors (Lipinski definition) is 3. The Morgan fingerprint density at radius 2 is 1.81 bits per heavy atom. The van der Waals surface area contributed by atoms with Crippen molar-refractivity contribution in [3.8, 4) is 0 Å². The number of rotatable bonds is 2. The molecule has 1 N–H and O–H groups in total. The van der Waals surface area contributed by atoms with Crippen LogP contribution in [0.3, 0.4) is 0 Å². The van der Waals surface area contributed by atoms with Gasteiger partial charge in [-0.05, 0) is 103 Å². The van der Waals surface area contributed by atoms with Gasteiger partial charge in [0.1, 0.15) is 0 Å². The van der Waals surface area contributed by atoms with Gasteiger partial charge in [0.15, 0.2) is 0 Å². The van der Waals surface area contributed by atoms with Crippen LogP contribution in [0.15, 0.2) is 65.8 Å². The van der Waals surface area contributed by atoms with Gasteiger partial charge in [0.2, 0.25) is 0 Å². The van der Waals surface area contributed by atoms with E-state index in [-0.39, 0.29) is 16.6 Å². The molecule has 3 aliphatic heterocycles. The first-order valence-corrected chi connectivity index (χ1v) is 14.4. The van der Waals surface area contributed by atoms with Gasteiger partial charge < -0.3 is 9.84 Å². The van der Waals surface area contributed by atoms with Crippen molar-refractivity contribution in [2.75, 3.05) is 13.1 Å². The van der Waals surface area contributed by atoms with Crippen molar-refractivity contribution in [3.05, 3.63) is 71.3 Å². The molecule has 8 rings (SSSR count). The van der Waals surface area contributed by atoms with Crippen molar-refractivity contribution < 1.29 is 9.84 Å². The molecule has 3 nitrogen and oxygen atoms in total. The molecule has 3 heteroatoms. The Bertz CT molecular complexity index is 1320. The van der Waals surface area contributed by atoms with Crippen molar-refractivity contribution in [1.29, 1.82) is 0 Å². The van der Waals surface area contributed by atoms with Gasteiger partial charge in [-0.25, -0.2) is 0 Å². The van der Waals surface area contributed by atoms with E-state index >= 15 is 0 Å². The van der Waals surface area contributed by atoms with Gasteiger partial charge in [-0.3, -0.25) is 4.90 Å². The second-order valence-electron chi connectivity index (χ2n) is 13.6. The van der Waals surface area contributed by atoms with Crippen LogP contribution in [-0.4, -0.2) is 45.9 Å². The fourth-order valence-corrected chi connectivity index (χ4v) is 9.75. The van der Waals surface area contributed by atoms with E-state index in [4.69, 9.17) is 4.74 Å². The van der Waals surface area contributed by atoms with Crippen LogP contribution in [0.5, 0.6) is 0 Å². The van der Waals surface area contributed by atoms with E-state index in [0.29, 0.717) is 17.9 Å². The first-order chi connectivity index (χ1) is 17.3. The zero-order chi connectivity index (χ0) is 24.3. The monoisotopic (exact) mass is 481 g/mol. The summed E-state index contributed by atoms with van der Waals surface area (Å²) in [6.45, 7) is 6.18. The molecular formula is C33H39NO2. The van der Waals surface area contributed by atoms with Crippen molar-refractivity contribution in [2.45, 2.75) is 94.0 Å². The predicted molar refractivity (Wildman–Crippen MR) is 144 cm³/mol. The lowest BCUT2D eigenvalue weighted by Gasteiger charge is -2.56. The number of likely N-dealkylation sites (tertiary alicyclic amines) is 1. The van der Waals surface area contributed by atoms with E-state index in [1.807, 2.05) is 6.92 Å². The first kappa shape index (κ1) is 22.1. The first-order valence-electron chi connectivity index (χ1n) is 14.4. The molecule has 2 saturated heterocycles. The lowest BCUT2D eigenvalue weighted by molar-refractivity contribution is -0.157. The largest absolute Gasteiger partial charge is 0.388 e. The van der Waals surface area contributed by atoms with E-state index in [1.54, 1.807) is 5.57 Å². The molecule has 0 aromatic heterocycles. The van der Waals surface area contributed by atoms with Crippen LogP contribution in [0, 0.1) is 11.3 Å². The smallest absolute Gasteiger partial charge is 0.0974 e. The van der Waals surface area contributed by atoms with Crippen LogP contribution in [-0.2, 0) is 4.74 Å². The van der Waals surface area contributed by atoms with Crippen LogP contribution in [0.4, 0.5) is 0 Å². The van der Waals surface area contributed by atoms with Gasteiger partial charge in [0.05, 0.1) is 16.8 Å². The molecule has 2 aromatic rings. The van der Waals surface area contributed by atoms with Crippen LogP contribution in [0.2, 0.25) is 0 Å². The number of aliphatic hydroxyl groups is 1. The molecule has 2 bridgehead atoms. The maximum atomic E-state index is 10.3. The maximum absolute atomic E-state index is 10.3. The van der Waals surface area contributed by atoms with Gasteiger partial charge in [-0.1, -0.05) is 61.5 Å². The van der Waals surface area contributed by atoms with Crippen molar-refractivity contribution in [3.63, 3.8) is 0 Å². The minimum absolute atomic E-state index is 0.0685. The number of nitrogens with zero attached hydrogens (tertiary/aromatic N) is 1. The lowest BCUT2D eigenvalue weighted by Crippen LogP contribution is -2.65. The van der Waals surface area contributed by atoms with Gasteiger partial charge in [-0.2, -0.15) is 0 Å². The summed E-state index contributed by atoms with van der Waals surface area (Å²) in [6.07, 6.45) is 14.7. The third kappa shape index (κ3) is 2.86. The highest BCUT2D eigenvalue weighted by atomic mass is 16.5. The number of allylic oxidation sites excluding steroid dienone is 1. The summed E-state index contributed by atoms with van der Waals surface area (Å²) >= 11 is 0. The van der Waals surface area contributed by atoms with Crippen LogP contribution in [0.1, 0.15) is 76.7 Å². The minimum Gasteiger partial charge on any atom is -0.388 e. The third-order valence-electron chi connectivity index (χ3n) is 11.4. The Balaban J connectivity index is 1.13. The fraction of sp³-hybridized carbons (Fsp3) is 0.576. The van der Waals surface area contributed by atoms with Gasteiger partial charge in [0, 0.05) is 19.1 Å². The highest BCUT2D eigenvalue weighted by Gasteiger charge is 2.66. The third-order valence-corrected chi connectivity index (χ3v) is 11.4. The Hall–Kier alpha value is -1.94. The van der Waals surface area contributed by atoms with E-state index in [2.05, 4.69) is 66.4 Å². The molecule has 3 heterocycles. The topological polar surface area (TPSA) is 32.7 Å². The molecule has 2 saturated carbocycles. The molecule has 3 aliphatic carbocycles. The number of fused-ring (bicyclic) bond motifs is 2. The lowest BCUT2D eigenvalue weighted by atomic mass is 9.58. The molecule has 1 unspecified atom stereocenters. The average Bonchev–Trinajstić information content (AvgIpc) is 3.37. The molecule has 4 fully saturated rings. The zero-order valence-corrected chi connectivity index (χ0v) is 21.8. The van der Waals surface area contributed by atoms with E-state index in [1.165, 1.54) is 54.0 Å². The van der Waals surface area contributed by atoms with E-state index < -0.39 is 5.60 Å². The summed E-state index contributed by atoms with van der Waals surface area (Å²) in [5.74, 6) is 1.18. The summed E-state index contributed by atoms with van der Waals surface area (Å²) in [6, 6.07) is 16.5. The SMILES string of the molecule is CC1(O)CN([C@@H]2CCC3=CC4=CC[C@]5(C)[C@@H](c6ccc7ccccc7c6)CC[C@H]5[C@@]45CCC3(C2)O5)C1. The molecule has 6 aliphatic rings. The summed E-state index contributed by atoms with van der Waals surface area (Å²) in [4.78, 5) is 2.52. The van der Waals surface area contributed by atoms with Crippen molar-refractivity contribution >= 4 is 10.8 Å². The van der Waals surface area contributed by atoms with E-state index in [0.717, 1.165) is 32.4 Å². The second kappa shape index (κ2) is 7.12. The summed E-state index contributed by atoms with van der Waals surface area (Å²) in [7, 11) is 0. The van der Waals surface area contributed by atoms with E-state index in [9.17, 15) is 5.11 Å². The van der Waals surface area contributed by atoms with Gasteiger partial charge in [0.25, 0.3) is 0 Å². The van der Waals surface area contributed by atoms with Crippen LogP contribution >= 0.6 is 0 Å². The number of hydrogen-bond donors (Lipinski definition) is 1. The predicted octanol–water partition coefficient (Wildman–Crippen LogP) is 6.52. The Kier molecular flexibility index (Phi) is 4.37. The quantitative estimate of drug-likeness (QED) is 0.530. The minimum atomic E-state index is -0.499. The maximum Gasteiger partial charge on any atom is 0.0974 e. The van der Waals surface area contributed by atoms with Crippen molar-refractivity contribution in [1.82, 2.24) is 4.90 Å². The highest BCUT2D eigenvalue weighted by molar-refractivity contribution is 5.83. The molecule has 188 valence electrons. The number of benzene rings is 2. The molecule has 36 heavy (non-hydrogen) atoms. The summed E-state index contributed by atoms with van der Waals surface area (Å²) in [5, 5.41) is 13.1. The Labute approximate surface area is 215 Å². The zero-order valence-electron chi connectivity index (χ0n) is 21.8. The van der Waals surface area contributed by atoms with Crippen molar-refractivity contribution in [2.24, 2.45) is 11.3 Å². The molecule has 2 aromatic carbocycles. The Morgan fingerprint density at radius 1 is 0.972 bits per heavy atom. The fourth-order valence-electron chi connectivity index (χ4n) is 9.75. The molecular weight excluding hydrogens is 442 g/mol. The van der Waals surface area contributed by atoms with Crippen LogP contribution < -0.4 is 0 Å². The normalized spacial score (nSPS) is 42.7. The number of ether oxygens (including phenoxy) is 1. The number of β-amino-alcohol motifs (C(OH)–C–C–N with tert-alkyl or cyclic N) is 1. The Morgan fingerprint density at radius 3 is 2.64 bits per heavy atom. The molecule has 6 atom stereocenters. The van der Waals surface area contributed by atoms with Crippen LogP contribution in [0.25, 0.3) is 10.8 Å². The molecule has 0 amide bonds. The second-order valence-corrected chi connectivity index (χ2v) is 13.6. The standard InChI is InChI=1S/C33H39NO2/c1-30(35)20-34(21-30)27-10-9-25-18-26-13-14-31(2)28(24-8-7-22-5-3-4-6-23(22)17-24)11-12-29(31)33(26)16-15-32(25,19-27)36-33/h3-8,13,17-18,27-29,35H,9-12,14-16,19-21H2,1-2H3/t27-,28-,29-,31-,32?,33-/m1/s1. The van der Waals surface area contributed by atoms with Gasteiger partial charge in [-0.15, -0.1) is 0 Å². The summed E-state index contributed by atoms with van der Waals surface area (Å²) in [5.41, 5.74) is 4.18. The highest BCUT2D eigenvalue weighted by Crippen LogP contribution is 2.69. The molecule has 2 spiro atoms. The molecule has 0 radical (unpaired) electrons. The summed E-state index contributed by atoms with van der Waals surface area (Å²) < 4.78 is 7.49.